The lowest BCUT2D eigenvalue weighted by Gasteiger charge is -2.36. The summed E-state index contributed by atoms with van der Waals surface area (Å²) in [5.74, 6) is -0.924. The molecule has 0 aromatic heterocycles. The van der Waals surface area contributed by atoms with Gasteiger partial charge in [0.2, 0.25) is 5.91 Å². The van der Waals surface area contributed by atoms with E-state index in [9.17, 15) is 14.4 Å². The van der Waals surface area contributed by atoms with Gasteiger partial charge >= 0.3 is 6.09 Å². The van der Waals surface area contributed by atoms with Crippen LogP contribution < -0.4 is 10.6 Å². The molecule has 7 heteroatoms. The van der Waals surface area contributed by atoms with E-state index in [1.165, 1.54) is 4.90 Å². The van der Waals surface area contributed by atoms with Crippen LogP contribution in [0.5, 0.6) is 0 Å². The number of ether oxygens (including phenoxy) is 1. The monoisotopic (exact) mass is 535 g/mol. The lowest BCUT2D eigenvalue weighted by atomic mass is 9.92. The number of aryl methyl sites for hydroxylation is 3. The number of amides is 3. The number of para-hydroxylation sites is 1. The van der Waals surface area contributed by atoms with Crippen molar-refractivity contribution < 1.29 is 19.1 Å². The summed E-state index contributed by atoms with van der Waals surface area (Å²) in [6.07, 6.45) is 1.56. The zero-order chi connectivity index (χ0) is 29.5. The van der Waals surface area contributed by atoms with Gasteiger partial charge in [-0.2, -0.15) is 0 Å². The molecule has 7 nitrogen and oxygen atoms in total. The van der Waals surface area contributed by atoms with Gasteiger partial charge in [-0.05, 0) is 82.2 Å². The van der Waals surface area contributed by atoms with E-state index in [4.69, 9.17) is 4.74 Å². The molecule has 39 heavy (non-hydrogen) atoms. The number of nitrogens with zero attached hydrogens (tertiary/aromatic N) is 1. The van der Waals surface area contributed by atoms with Crippen LogP contribution in [0, 0.1) is 33.6 Å². The Morgan fingerprint density at radius 3 is 2.10 bits per heavy atom. The third-order valence-electron chi connectivity index (χ3n) is 6.99. The molecule has 2 aromatic carbocycles. The second kappa shape index (κ2) is 13.5. The number of hydrogen-bond acceptors (Lipinski definition) is 4. The van der Waals surface area contributed by atoms with Gasteiger partial charge in [-0.25, -0.2) is 4.79 Å². The summed E-state index contributed by atoms with van der Waals surface area (Å²) >= 11 is 0. The number of benzene rings is 2. The highest BCUT2D eigenvalue weighted by Crippen LogP contribution is 2.30. The Morgan fingerprint density at radius 1 is 1.00 bits per heavy atom. The summed E-state index contributed by atoms with van der Waals surface area (Å²) in [7, 11) is 0. The van der Waals surface area contributed by atoms with Crippen LogP contribution in [-0.2, 0) is 14.3 Å². The predicted molar refractivity (Wildman–Crippen MR) is 158 cm³/mol. The zero-order valence-corrected chi connectivity index (χ0v) is 25.0. The van der Waals surface area contributed by atoms with E-state index in [2.05, 4.69) is 17.2 Å². The van der Waals surface area contributed by atoms with Gasteiger partial charge in [0.1, 0.15) is 17.7 Å². The summed E-state index contributed by atoms with van der Waals surface area (Å²) in [6.45, 7) is 20.9. The van der Waals surface area contributed by atoms with Crippen molar-refractivity contribution in [1.82, 2.24) is 10.2 Å². The molecule has 2 rings (SSSR count). The number of rotatable bonds is 10. The van der Waals surface area contributed by atoms with Gasteiger partial charge in [-0.3, -0.25) is 9.59 Å². The van der Waals surface area contributed by atoms with Crippen molar-refractivity contribution in [3.8, 4) is 0 Å². The van der Waals surface area contributed by atoms with Crippen LogP contribution in [0.15, 0.2) is 49.1 Å². The molecule has 0 aliphatic heterocycles. The average molecular weight is 536 g/mol. The third-order valence-corrected chi connectivity index (χ3v) is 6.99. The molecule has 3 amide bonds. The predicted octanol–water partition coefficient (Wildman–Crippen LogP) is 6.55. The Balaban J connectivity index is 2.63. The van der Waals surface area contributed by atoms with Gasteiger partial charge in [0.15, 0.2) is 0 Å². The number of carbonyl (C=O) groups excluding carboxylic acids is 3. The van der Waals surface area contributed by atoms with Crippen LogP contribution >= 0.6 is 0 Å². The molecule has 0 saturated heterocycles. The molecule has 0 bridgehead atoms. The molecule has 0 radical (unpaired) electrons. The topological polar surface area (TPSA) is 87.7 Å². The van der Waals surface area contributed by atoms with Crippen molar-refractivity contribution >= 4 is 23.6 Å². The quantitative estimate of drug-likeness (QED) is 0.338. The highest BCUT2D eigenvalue weighted by molar-refractivity contribution is 6.00. The molecule has 3 unspecified atom stereocenters. The number of anilines is 1. The summed E-state index contributed by atoms with van der Waals surface area (Å²) < 4.78 is 5.47. The standard InChI is InChI=1S/C32H45N3O4/c1-11-19-35(30(37)27(20(3)12-2)34-31(38)39-32(8,9)10)28(25-18-14-15-21(4)24(25)7)29(36)33-26-22(5)16-13-17-23(26)6/h11,13-18,20,27-28H,1,12,19H2,2-10H3,(H,33,36)(H,34,38). The van der Waals surface area contributed by atoms with Crippen LogP contribution in [0.1, 0.15) is 74.9 Å². The molecular formula is C32H45N3O4. The molecule has 0 saturated carbocycles. The number of nitrogens with one attached hydrogen (secondary N) is 2. The van der Waals surface area contributed by atoms with Crippen molar-refractivity contribution in [2.24, 2.45) is 5.92 Å². The van der Waals surface area contributed by atoms with Gasteiger partial charge in [0, 0.05) is 12.2 Å². The first-order chi connectivity index (χ1) is 18.2. The van der Waals surface area contributed by atoms with E-state index >= 15 is 0 Å². The highest BCUT2D eigenvalue weighted by atomic mass is 16.6. The Bertz CT molecular complexity index is 1180. The lowest BCUT2D eigenvalue weighted by Crippen LogP contribution is -2.54. The Hall–Kier alpha value is -3.61. The van der Waals surface area contributed by atoms with Crippen molar-refractivity contribution in [1.29, 1.82) is 0 Å². The number of hydrogen-bond donors (Lipinski definition) is 2. The molecule has 2 N–H and O–H groups in total. The van der Waals surface area contributed by atoms with E-state index in [1.54, 1.807) is 26.8 Å². The Morgan fingerprint density at radius 2 is 1.56 bits per heavy atom. The highest BCUT2D eigenvalue weighted by Gasteiger charge is 2.38. The minimum absolute atomic E-state index is 0.111. The second-order valence-corrected chi connectivity index (χ2v) is 11.2. The van der Waals surface area contributed by atoms with Gasteiger partial charge in [0.25, 0.3) is 5.91 Å². The number of alkyl carbamates (subject to hydrolysis) is 1. The molecule has 3 atom stereocenters. The van der Waals surface area contributed by atoms with E-state index in [0.717, 1.165) is 22.3 Å². The lowest BCUT2D eigenvalue weighted by molar-refractivity contribution is -0.141. The van der Waals surface area contributed by atoms with E-state index < -0.39 is 23.8 Å². The first-order valence-corrected chi connectivity index (χ1v) is 13.6. The minimum atomic E-state index is -0.957. The zero-order valence-electron chi connectivity index (χ0n) is 25.0. The van der Waals surface area contributed by atoms with Gasteiger partial charge < -0.3 is 20.3 Å². The van der Waals surface area contributed by atoms with Crippen molar-refractivity contribution in [2.45, 2.75) is 86.4 Å². The average Bonchev–Trinajstić information content (AvgIpc) is 2.85. The van der Waals surface area contributed by atoms with Crippen LogP contribution in [0.3, 0.4) is 0 Å². The third kappa shape index (κ3) is 8.19. The normalized spacial score (nSPS) is 13.6. The number of carbonyl (C=O) groups is 3. The van der Waals surface area contributed by atoms with E-state index in [1.807, 2.05) is 77.9 Å². The first-order valence-electron chi connectivity index (χ1n) is 13.6. The van der Waals surface area contributed by atoms with Crippen molar-refractivity contribution in [3.63, 3.8) is 0 Å². The van der Waals surface area contributed by atoms with Crippen molar-refractivity contribution in [3.05, 3.63) is 76.9 Å². The summed E-state index contributed by atoms with van der Waals surface area (Å²) in [5, 5.41) is 5.88. The largest absolute Gasteiger partial charge is 0.444 e. The smallest absolute Gasteiger partial charge is 0.408 e. The van der Waals surface area contributed by atoms with Crippen LogP contribution in [-0.4, -0.2) is 41.0 Å². The molecule has 2 aromatic rings. The summed E-state index contributed by atoms with van der Waals surface area (Å²) in [5.41, 5.74) is 4.49. The maximum atomic E-state index is 14.3. The molecular weight excluding hydrogens is 490 g/mol. The summed E-state index contributed by atoms with van der Waals surface area (Å²) in [6, 6.07) is 9.70. The van der Waals surface area contributed by atoms with Crippen LogP contribution in [0.2, 0.25) is 0 Å². The molecule has 0 spiro atoms. The van der Waals surface area contributed by atoms with Crippen LogP contribution in [0.4, 0.5) is 10.5 Å². The fourth-order valence-electron chi connectivity index (χ4n) is 4.48. The molecule has 212 valence electrons. The maximum Gasteiger partial charge on any atom is 0.408 e. The molecule has 0 aliphatic rings. The minimum Gasteiger partial charge on any atom is -0.444 e. The summed E-state index contributed by atoms with van der Waals surface area (Å²) in [4.78, 5) is 42.7. The van der Waals surface area contributed by atoms with E-state index in [-0.39, 0.29) is 24.3 Å². The van der Waals surface area contributed by atoms with Gasteiger partial charge in [0.05, 0.1) is 0 Å². The fourth-order valence-corrected chi connectivity index (χ4v) is 4.48. The maximum absolute atomic E-state index is 14.3. The molecule has 0 fully saturated rings. The van der Waals surface area contributed by atoms with Crippen molar-refractivity contribution in [2.75, 3.05) is 11.9 Å². The SMILES string of the molecule is C=CCN(C(=O)C(NC(=O)OC(C)(C)C)C(C)CC)C(C(=O)Nc1c(C)cccc1C)c1cccc(C)c1C. The Labute approximate surface area is 234 Å². The molecule has 0 heterocycles. The first kappa shape index (κ1) is 31.6. The van der Waals surface area contributed by atoms with Gasteiger partial charge in [-0.15, -0.1) is 6.58 Å². The molecule has 0 aliphatic carbocycles. The van der Waals surface area contributed by atoms with Gasteiger partial charge in [-0.1, -0.05) is 62.7 Å². The fraction of sp³-hybridized carbons (Fsp3) is 0.469. The van der Waals surface area contributed by atoms with E-state index in [0.29, 0.717) is 17.7 Å². The Kier molecular flexibility index (Phi) is 10.9. The second-order valence-electron chi connectivity index (χ2n) is 11.2. The van der Waals surface area contributed by atoms with Crippen LogP contribution in [0.25, 0.3) is 0 Å².